The van der Waals surface area contributed by atoms with Gasteiger partial charge in [0.15, 0.2) is 0 Å². The Morgan fingerprint density at radius 3 is 2.48 bits per heavy atom. The first-order valence-electron chi connectivity index (χ1n) is 6.28. The largest absolute Gasteiger partial charge is 0.416 e. The second-order valence-electron chi connectivity index (χ2n) is 4.34. The Hall–Kier alpha value is -1.59. The van der Waals surface area contributed by atoms with E-state index in [0.29, 0.717) is 12.5 Å². The molecule has 0 aromatic heterocycles. The monoisotopic (exact) mass is 320 g/mol. The third-order valence-corrected chi connectivity index (χ3v) is 4.64. The quantitative estimate of drug-likeness (QED) is 0.809. The fourth-order valence-corrected chi connectivity index (χ4v) is 3.34. The van der Waals surface area contributed by atoms with Crippen molar-refractivity contribution in [1.82, 2.24) is 4.31 Å². The third-order valence-electron chi connectivity index (χ3n) is 2.75. The topological polar surface area (TPSA) is 61.2 Å². The molecule has 0 unspecified atom stereocenters. The van der Waals surface area contributed by atoms with Crippen molar-refractivity contribution >= 4 is 10.0 Å². The van der Waals surface area contributed by atoms with Crippen LogP contribution in [0.4, 0.5) is 13.2 Å². The second-order valence-corrected chi connectivity index (χ2v) is 6.28. The number of hydrogen-bond acceptors (Lipinski definition) is 3. The van der Waals surface area contributed by atoms with Crippen LogP contribution in [0.5, 0.6) is 0 Å². The highest BCUT2D eigenvalue weighted by atomic mass is 32.2. The summed E-state index contributed by atoms with van der Waals surface area (Å²) in [5, 5.41) is 8.55. The maximum Gasteiger partial charge on any atom is 0.416 e. The molecule has 0 aliphatic rings. The van der Waals surface area contributed by atoms with Crippen LogP contribution in [0, 0.1) is 11.3 Å². The van der Waals surface area contributed by atoms with E-state index < -0.39 is 26.7 Å². The maximum atomic E-state index is 12.7. The van der Waals surface area contributed by atoms with Crippen LogP contribution in [0.15, 0.2) is 29.2 Å². The summed E-state index contributed by atoms with van der Waals surface area (Å²) < 4.78 is 63.7. The van der Waals surface area contributed by atoms with E-state index in [1.54, 1.807) is 6.92 Å². The average Bonchev–Trinajstić information content (AvgIpc) is 2.42. The van der Waals surface area contributed by atoms with Gasteiger partial charge in [-0.2, -0.15) is 22.7 Å². The summed E-state index contributed by atoms with van der Waals surface area (Å²) in [5.41, 5.74) is -1.01. The van der Waals surface area contributed by atoms with Crippen molar-refractivity contribution in [1.29, 1.82) is 5.26 Å². The SMILES string of the molecule is CCCN(CCC#N)S(=O)(=O)c1cccc(C(F)(F)F)c1. The summed E-state index contributed by atoms with van der Waals surface area (Å²) in [5.74, 6) is 0. The summed E-state index contributed by atoms with van der Waals surface area (Å²) in [6.45, 7) is 1.87. The van der Waals surface area contributed by atoms with Gasteiger partial charge < -0.3 is 0 Å². The number of alkyl halides is 3. The first-order valence-corrected chi connectivity index (χ1v) is 7.72. The zero-order valence-corrected chi connectivity index (χ0v) is 12.2. The van der Waals surface area contributed by atoms with E-state index >= 15 is 0 Å². The van der Waals surface area contributed by atoms with E-state index in [1.165, 1.54) is 0 Å². The molecule has 0 saturated carbocycles. The minimum atomic E-state index is -4.60. The Kier molecular flexibility index (Phi) is 5.75. The molecule has 8 heteroatoms. The Morgan fingerprint density at radius 2 is 1.95 bits per heavy atom. The molecular weight excluding hydrogens is 305 g/mol. The zero-order chi connectivity index (χ0) is 16.1. The number of nitriles is 1. The molecule has 21 heavy (non-hydrogen) atoms. The van der Waals surface area contributed by atoms with Gasteiger partial charge in [-0.25, -0.2) is 8.42 Å². The van der Waals surface area contributed by atoms with Gasteiger partial charge in [0.05, 0.1) is 16.5 Å². The molecule has 0 spiro atoms. The van der Waals surface area contributed by atoms with Crippen molar-refractivity contribution in [2.75, 3.05) is 13.1 Å². The lowest BCUT2D eigenvalue weighted by molar-refractivity contribution is -0.137. The minimum Gasteiger partial charge on any atom is -0.207 e. The molecule has 1 aromatic carbocycles. The van der Waals surface area contributed by atoms with Crippen molar-refractivity contribution < 1.29 is 21.6 Å². The number of halogens is 3. The number of hydrogen-bond donors (Lipinski definition) is 0. The average molecular weight is 320 g/mol. The Bertz CT molecular complexity index is 621. The van der Waals surface area contributed by atoms with Gasteiger partial charge in [-0.1, -0.05) is 13.0 Å². The molecule has 4 nitrogen and oxygen atoms in total. The molecule has 0 amide bonds. The molecule has 0 aliphatic heterocycles. The Labute approximate surface area is 121 Å². The van der Waals surface area contributed by atoms with Gasteiger partial charge in [0.25, 0.3) is 0 Å². The Balaban J connectivity index is 3.19. The van der Waals surface area contributed by atoms with Crippen LogP contribution < -0.4 is 0 Å². The minimum absolute atomic E-state index is 0.0157. The van der Waals surface area contributed by atoms with Crippen molar-refractivity contribution in [2.24, 2.45) is 0 Å². The van der Waals surface area contributed by atoms with Crippen molar-refractivity contribution in [2.45, 2.75) is 30.8 Å². The fraction of sp³-hybridized carbons (Fsp3) is 0.462. The smallest absolute Gasteiger partial charge is 0.207 e. The van der Waals surface area contributed by atoms with E-state index in [1.807, 2.05) is 6.07 Å². The van der Waals surface area contributed by atoms with Gasteiger partial charge in [0.2, 0.25) is 10.0 Å². The second kappa shape index (κ2) is 6.91. The first-order chi connectivity index (χ1) is 9.73. The summed E-state index contributed by atoms with van der Waals surface area (Å²) in [7, 11) is -4.04. The molecule has 0 atom stereocenters. The highest BCUT2D eigenvalue weighted by Gasteiger charge is 2.32. The molecule has 1 rings (SSSR count). The lowest BCUT2D eigenvalue weighted by Gasteiger charge is -2.21. The molecule has 0 N–H and O–H groups in total. The summed E-state index contributed by atoms with van der Waals surface area (Å²) in [6.07, 6.45) is -4.12. The number of sulfonamides is 1. The van der Waals surface area contributed by atoms with E-state index in [4.69, 9.17) is 5.26 Å². The molecule has 0 radical (unpaired) electrons. The fourth-order valence-electron chi connectivity index (χ4n) is 1.76. The van der Waals surface area contributed by atoms with E-state index in [-0.39, 0.29) is 19.5 Å². The van der Waals surface area contributed by atoms with Gasteiger partial charge in [-0.15, -0.1) is 0 Å². The van der Waals surface area contributed by atoms with E-state index in [9.17, 15) is 21.6 Å². The third kappa shape index (κ3) is 4.44. The molecule has 1 aromatic rings. The maximum absolute atomic E-state index is 12.7. The predicted octanol–water partition coefficient (Wildman–Crippen LogP) is 3.02. The highest BCUT2D eigenvalue weighted by molar-refractivity contribution is 7.89. The summed E-state index contributed by atoms with van der Waals surface area (Å²) >= 11 is 0. The van der Waals surface area contributed by atoms with Crippen LogP contribution in [0.1, 0.15) is 25.3 Å². The molecular formula is C13H15F3N2O2S. The van der Waals surface area contributed by atoms with Crippen LogP contribution in [0.25, 0.3) is 0 Å². The van der Waals surface area contributed by atoms with E-state index in [2.05, 4.69) is 0 Å². The summed E-state index contributed by atoms with van der Waals surface area (Å²) in [4.78, 5) is -0.413. The molecule has 0 saturated heterocycles. The van der Waals surface area contributed by atoms with Crippen LogP contribution in [0.2, 0.25) is 0 Å². The van der Waals surface area contributed by atoms with Crippen molar-refractivity contribution in [3.63, 3.8) is 0 Å². The lowest BCUT2D eigenvalue weighted by atomic mass is 10.2. The van der Waals surface area contributed by atoms with Gasteiger partial charge in [-0.05, 0) is 24.6 Å². The van der Waals surface area contributed by atoms with Gasteiger partial charge >= 0.3 is 6.18 Å². The molecule has 0 heterocycles. The van der Waals surface area contributed by atoms with Crippen LogP contribution >= 0.6 is 0 Å². The van der Waals surface area contributed by atoms with Crippen LogP contribution in [-0.4, -0.2) is 25.8 Å². The number of rotatable bonds is 6. The normalized spacial score (nSPS) is 12.4. The van der Waals surface area contributed by atoms with Crippen molar-refractivity contribution in [3.05, 3.63) is 29.8 Å². The van der Waals surface area contributed by atoms with E-state index in [0.717, 1.165) is 22.5 Å². The van der Waals surface area contributed by atoms with Gasteiger partial charge in [0.1, 0.15) is 0 Å². The zero-order valence-electron chi connectivity index (χ0n) is 11.4. The van der Waals surface area contributed by atoms with Gasteiger partial charge in [0, 0.05) is 19.5 Å². The standard InChI is InChI=1S/C13H15F3N2O2S/c1-2-8-18(9-4-7-17)21(19,20)12-6-3-5-11(10-12)13(14,15)16/h3,5-6,10H,2,4,8-9H2,1H3. The molecule has 0 fully saturated rings. The van der Waals surface area contributed by atoms with Crippen molar-refractivity contribution in [3.8, 4) is 6.07 Å². The molecule has 116 valence electrons. The summed E-state index contributed by atoms with van der Waals surface area (Å²) in [6, 6.07) is 5.45. The van der Waals surface area contributed by atoms with Gasteiger partial charge in [-0.3, -0.25) is 0 Å². The predicted molar refractivity (Wildman–Crippen MR) is 70.7 cm³/mol. The lowest BCUT2D eigenvalue weighted by Crippen LogP contribution is -2.32. The Morgan fingerprint density at radius 1 is 1.29 bits per heavy atom. The number of nitrogens with zero attached hydrogens (tertiary/aromatic N) is 2. The molecule has 0 aliphatic carbocycles. The first kappa shape index (κ1) is 17.5. The number of benzene rings is 1. The van der Waals surface area contributed by atoms with Crippen LogP contribution in [0.3, 0.4) is 0 Å². The highest BCUT2D eigenvalue weighted by Crippen LogP contribution is 2.31. The molecule has 0 bridgehead atoms. The van der Waals surface area contributed by atoms with Crippen LogP contribution in [-0.2, 0) is 16.2 Å².